The average molecular weight is 340 g/mol. The molecule has 0 aliphatic carbocycles. The number of carbonyl (C=O) groups excluding carboxylic acids is 1. The molecule has 0 aliphatic heterocycles. The molecule has 102 valence electrons. The number of thiophene rings is 1. The fourth-order valence-electron chi connectivity index (χ4n) is 2.09. The van der Waals surface area contributed by atoms with E-state index < -0.39 is 0 Å². The molecule has 0 saturated carbocycles. The van der Waals surface area contributed by atoms with Crippen molar-refractivity contribution in [2.45, 2.75) is 26.3 Å². The van der Waals surface area contributed by atoms with Crippen molar-refractivity contribution in [3.63, 3.8) is 0 Å². The van der Waals surface area contributed by atoms with Gasteiger partial charge in [-0.05, 0) is 18.4 Å². The van der Waals surface area contributed by atoms with E-state index in [1.807, 2.05) is 23.6 Å². The molecule has 1 aromatic carbocycles. The van der Waals surface area contributed by atoms with Gasteiger partial charge in [0.1, 0.15) is 0 Å². The first-order chi connectivity index (χ1) is 9.13. The lowest BCUT2D eigenvalue weighted by atomic mass is 10.0. The molecule has 0 radical (unpaired) electrons. The van der Waals surface area contributed by atoms with Crippen LogP contribution in [0, 0.1) is 5.92 Å². The van der Waals surface area contributed by atoms with Crippen molar-refractivity contribution in [1.82, 2.24) is 5.32 Å². The van der Waals surface area contributed by atoms with Gasteiger partial charge in [0.25, 0.3) is 5.91 Å². The summed E-state index contributed by atoms with van der Waals surface area (Å²) in [5.41, 5.74) is 0.792. The molecule has 1 aromatic heterocycles. The number of benzene rings is 1. The fraction of sp³-hybridized carbons (Fsp3) is 0.400. The SMILES string of the molecule is CC(C)C(CCBr)NC(=O)c1csc2ccccc12. The predicted molar refractivity (Wildman–Crippen MR) is 86.3 cm³/mol. The molecule has 0 aliphatic rings. The Morgan fingerprint density at radius 2 is 2.11 bits per heavy atom. The highest BCUT2D eigenvalue weighted by molar-refractivity contribution is 9.09. The molecule has 0 fully saturated rings. The van der Waals surface area contributed by atoms with Crippen LogP contribution in [-0.4, -0.2) is 17.3 Å². The van der Waals surface area contributed by atoms with Gasteiger partial charge in [0, 0.05) is 26.8 Å². The van der Waals surface area contributed by atoms with Gasteiger partial charge in [-0.2, -0.15) is 0 Å². The van der Waals surface area contributed by atoms with Crippen LogP contribution in [0.3, 0.4) is 0 Å². The minimum atomic E-state index is 0.0390. The van der Waals surface area contributed by atoms with Crippen molar-refractivity contribution < 1.29 is 4.79 Å². The quantitative estimate of drug-likeness (QED) is 0.801. The summed E-state index contributed by atoms with van der Waals surface area (Å²) in [6.45, 7) is 4.28. The summed E-state index contributed by atoms with van der Waals surface area (Å²) >= 11 is 5.07. The van der Waals surface area contributed by atoms with E-state index in [9.17, 15) is 4.79 Å². The molecule has 2 aromatic rings. The number of carbonyl (C=O) groups is 1. The van der Waals surface area contributed by atoms with Crippen molar-refractivity contribution in [2.75, 3.05) is 5.33 Å². The van der Waals surface area contributed by atoms with Gasteiger partial charge in [-0.25, -0.2) is 0 Å². The van der Waals surface area contributed by atoms with Crippen LogP contribution in [0.15, 0.2) is 29.6 Å². The maximum absolute atomic E-state index is 12.4. The number of halogens is 1. The molecule has 1 unspecified atom stereocenters. The molecule has 2 nitrogen and oxygen atoms in total. The second-order valence-electron chi connectivity index (χ2n) is 4.95. The van der Waals surface area contributed by atoms with E-state index in [0.29, 0.717) is 5.92 Å². The molecule has 1 heterocycles. The number of fused-ring (bicyclic) bond motifs is 1. The van der Waals surface area contributed by atoms with E-state index in [0.717, 1.165) is 27.4 Å². The molecule has 1 N–H and O–H groups in total. The van der Waals surface area contributed by atoms with Crippen LogP contribution < -0.4 is 5.32 Å². The lowest BCUT2D eigenvalue weighted by Crippen LogP contribution is -2.38. The maximum atomic E-state index is 12.4. The fourth-order valence-corrected chi connectivity index (χ4v) is 3.52. The maximum Gasteiger partial charge on any atom is 0.252 e. The number of alkyl halides is 1. The van der Waals surface area contributed by atoms with E-state index in [4.69, 9.17) is 0 Å². The number of amides is 1. The van der Waals surface area contributed by atoms with E-state index in [-0.39, 0.29) is 11.9 Å². The first-order valence-electron chi connectivity index (χ1n) is 6.46. The van der Waals surface area contributed by atoms with Crippen LogP contribution in [0.5, 0.6) is 0 Å². The van der Waals surface area contributed by atoms with Crippen LogP contribution in [0.2, 0.25) is 0 Å². The summed E-state index contributed by atoms with van der Waals surface area (Å²) in [7, 11) is 0. The average Bonchev–Trinajstić information content (AvgIpc) is 2.81. The van der Waals surface area contributed by atoms with E-state index in [1.54, 1.807) is 11.3 Å². The van der Waals surface area contributed by atoms with Crippen molar-refractivity contribution in [1.29, 1.82) is 0 Å². The molecule has 19 heavy (non-hydrogen) atoms. The molecule has 2 rings (SSSR count). The summed E-state index contributed by atoms with van der Waals surface area (Å²) < 4.78 is 1.16. The van der Waals surface area contributed by atoms with Gasteiger partial charge >= 0.3 is 0 Å². The number of hydrogen-bond donors (Lipinski definition) is 1. The topological polar surface area (TPSA) is 29.1 Å². The molecular formula is C15H18BrNOS. The zero-order valence-electron chi connectivity index (χ0n) is 11.2. The summed E-state index contributed by atoms with van der Waals surface area (Å²) in [5.74, 6) is 0.475. The van der Waals surface area contributed by atoms with Crippen LogP contribution >= 0.6 is 27.3 Å². The molecule has 0 saturated heterocycles. The van der Waals surface area contributed by atoms with Gasteiger partial charge in [-0.1, -0.05) is 48.0 Å². The Hall–Kier alpha value is -0.870. The third-order valence-electron chi connectivity index (χ3n) is 3.27. The minimum absolute atomic E-state index is 0.0390. The third-order valence-corrected chi connectivity index (χ3v) is 4.69. The van der Waals surface area contributed by atoms with Gasteiger partial charge in [0.2, 0.25) is 0 Å². The van der Waals surface area contributed by atoms with Crippen LogP contribution in [0.25, 0.3) is 10.1 Å². The minimum Gasteiger partial charge on any atom is -0.349 e. The zero-order valence-corrected chi connectivity index (χ0v) is 13.6. The third kappa shape index (κ3) is 3.37. The summed E-state index contributed by atoms with van der Waals surface area (Å²) in [6, 6.07) is 8.25. The van der Waals surface area contributed by atoms with Crippen LogP contribution in [-0.2, 0) is 0 Å². The molecule has 0 spiro atoms. The Labute approximate surface area is 126 Å². The Morgan fingerprint density at radius 1 is 1.37 bits per heavy atom. The molecule has 0 bridgehead atoms. The second kappa shape index (κ2) is 6.53. The molecule has 1 atom stereocenters. The van der Waals surface area contributed by atoms with Gasteiger partial charge in [-0.3, -0.25) is 4.79 Å². The standard InChI is InChI=1S/C15H18BrNOS/c1-10(2)13(7-8-16)17-15(18)12-9-19-14-6-4-3-5-11(12)14/h3-6,9-10,13H,7-8H2,1-2H3,(H,17,18). The summed E-state index contributed by atoms with van der Waals surface area (Å²) in [6.07, 6.45) is 0.950. The first kappa shape index (κ1) is 14.5. The number of hydrogen-bond acceptors (Lipinski definition) is 2. The van der Waals surface area contributed by atoms with Crippen molar-refractivity contribution in [3.05, 3.63) is 35.2 Å². The van der Waals surface area contributed by atoms with Crippen LogP contribution in [0.4, 0.5) is 0 Å². The first-order valence-corrected chi connectivity index (χ1v) is 8.46. The molecule has 1 amide bonds. The summed E-state index contributed by atoms with van der Waals surface area (Å²) in [4.78, 5) is 12.4. The zero-order chi connectivity index (χ0) is 13.8. The van der Waals surface area contributed by atoms with Gasteiger partial charge in [0.15, 0.2) is 0 Å². The lowest BCUT2D eigenvalue weighted by Gasteiger charge is -2.21. The monoisotopic (exact) mass is 339 g/mol. The highest BCUT2D eigenvalue weighted by atomic mass is 79.9. The molecule has 4 heteroatoms. The predicted octanol–water partition coefficient (Wildman–Crippen LogP) is 4.44. The van der Waals surface area contributed by atoms with Gasteiger partial charge < -0.3 is 5.32 Å². The summed E-state index contributed by atoms with van der Waals surface area (Å²) in [5, 5.41) is 7.05. The van der Waals surface area contributed by atoms with Crippen molar-refractivity contribution in [2.24, 2.45) is 5.92 Å². The normalized spacial score (nSPS) is 12.8. The van der Waals surface area contributed by atoms with Crippen molar-refractivity contribution >= 4 is 43.3 Å². The Morgan fingerprint density at radius 3 is 2.79 bits per heavy atom. The largest absolute Gasteiger partial charge is 0.349 e. The smallest absolute Gasteiger partial charge is 0.252 e. The Balaban J connectivity index is 2.19. The van der Waals surface area contributed by atoms with Crippen molar-refractivity contribution in [3.8, 4) is 0 Å². The van der Waals surface area contributed by atoms with Gasteiger partial charge in [0.05, 0.1) is 5.56 Å². The lowest BCUT2D eigenvalue weighted by molar-refractivity contribution is 0.0927. The van der Waals surface area contributed by atoms with E-state index >= 15 is 0 Å². The van der Waals surface area contributed by atoms with Gasteiger partial charge in [-0.15, -0.1) is 11.3 Å². The van der Waals surface area contributed by atoms with E-state index in [2.05, 4.69) is 41.2 Å². The highest BCUT2D eigenvalue weighted by Crippen LogP contribution is 2.25. The number of rotatable bonds is 5. The van der Waals surface area contributed by atoms with E-state index in [1.165, 1.54) is 0 Å². The van der Waals surface area contributed by atoms with Crippen LogP contribution in [0.1, 0.15) is 30.6 Å². The highest BCUT2D eigenvalue weighted by Gasteiger charge is 2.18. The Kier molecular flexibility index (Phi) is 4.99. The number of nitrogens with one attached hydrogen (secondary N) is 1. The second-order valence-corrected chi connectivity index (χ2v) is 6.65. The molecular weight excluding hydrogens is 322 g/mol. The Bertz CT molecular complexity index is 564.